The Morgan fingerprint density at radius 2 is 2.00 bits per heavy atom. The molecule has 0 aliphatic heterocycles. The van der Waals surface area contributed by atoms with Gasteiger partial charge in [-0.15, -0.1) is 0 Å². The minimum atomic E-state index is -0.443. The largest absolute Gasteiger partial charge is 0.494 e. The molecule has 4 rings (SSSR count). The van der Waals surface area contributed by atoms with E-state index in [1.165, 1.54) is 19.5 Å². The molecule has 0 atom stereocenters. The summed E-state index contributed by atoms with van der Waals surface area (Å²) in [5, 5.41) is 4.34. The average molecular weight is 411 g/mol. The number of aromatic nitrogens is 4. The van der Waals surface area contributed by atoms with Crippen molar-refractivity contribution in [3.63, 3.8) is 0 Å². The van der Waals surface area contributed by atoms with E-state index >= 15 is 0 Å². The highest BCUT2D eigenvalue weighted by atomic mass is 19.1. The highest BCUT2D eigenvalue weighted by molar-refractivity contribution is 5.64. The van der Waals surface area contributed by atoms with Gasteiger partial charge in [-0.25, -0.2) is 19.0 Å². The summed E-state index contributed by atoms with van der Waals surface area (Å²) < 4.78 is 26.6. The Bertz CT molecular complexity index is 985. The van der Waals surface area contributed by atoms with Gasteiger partial charge in [-0.3, -0.25) is 0 Å². The van der Waals surface area contributed by atoms with Gasteiger partial charge in [0.15, 0.2) is 17.3 Å². The molecular formula is C22H26FN5O2. The molecule has 0 amide bonds. The number of halogens is 1. The van der Waals surface area contributed by atoms with E-state index in [1.807, 2.05) is 0 Å². The molecule has 1 aliphatic rings. The summed E-state index contributed by atoms with van der Waals surface area (Å²) in [6.07, 6.45) is 12.1. The SMILES string of the molecule is COc1ccc(-n2cc(-c3ncncc3OCCC3CCC(N)CC3)cn2)cc1F. The van der Waals surface area contributed by atoms with Gasteiger partial charge in [-0.1, -0.05) is 0 Å². The lowest BCUT2D eigenvalue weighted by Gasteiger charge is -2.25. The molecule has 1 fully saturated rings. The first kappa shape index (κ1) is 20.3. The van der Waals surface area contributed by atoms with Gasteiger partial charge in [0.1, 0.15) is 12.0 Å². The zero-order valence-corrected chi connectivity index (χ0v) is 17.0. The molecule has 2 heterocycles. The molecule has 1 aromatic carbocycles. The van der Waals surface area contributed by atoms with Gasteiger partial charge < -0.3 is 15.2 Å². The van der Waals surface area contributed by atoms with Crippen LogP contribution in [0.1, 0.15) is 32.1 Å². The summed E-state index contributed by atoms with van der Waals surface area (Å²) in [7, 11) is 1.43. The lowest BCUT2D eigenvalue weighted by Crippen LogP contribution is -2.27. The van der Waals surface area contributed by atoms with Crippen molar-refractivity contribution in [1.82, 2.24) is 19.7 Å². The molecule has 1 saturated carbocycles. The van der Waals surface area contributed by atoms with E-state index in [0.717, 1.165) is 37.7 Å². The van der Waals surface area contributed by atoms with Crippen molar-refractivity contribution in [3.05, 3.63) is 48.9 Å². The van der Waals surface area contributed by atoms with Gasteiger partial charge in [0.05, 0.1) is 31.8 Å². The Morgan fingerprint density at radius 1 is 1.17 bits per heavy atom. The first-order valence-corrected chi connectivity index (χ1v) is 10.2. The van der Waals surface area contributed by atoms with E-state index in [9.17, 15) is 4.39 Å². The standard InChI is InChI=1S/C22H26FN5O2/c1-29-20-7-6-18(10-19(20)23)28-13-16(11-27-28)22-21(12-25-14-26-22)30-9-8-15-2-4-17(24)5-3-15/h6-7,10-15,17H,2-5,8-9,24H2,1H3. The van der Waals surface area contributed by atoms with Crippen molar-refractivity contribution in [2.24, 2.45) is 11.7 Å². The summed E-state index contributed by atoms with van der Waals surface area (Å²) in [5.74, 6) is 1.02. The highest BCUT2D eigenvalue weighted by Crippen LogP contribution is 2.30. The van der Waals surface area contributed by atoms with Crippen LogP contribution in [-0.2, 0) is 0 Å². The lowest BCUT2D eigenvalue weighted by atomic mass is 9.85. The second-order valence-corrected chi connectivity index (χ2v) is 7.65. The second-order valence-electron chi connectivity index (χ2n) is 7.65. The van der Waals surface area contributed by atoms with Crippen molar-refractivity contribution in [1.29, 1.82) is 0 Å². The fourth-order valence-corrected chi connectivity index (χ4v) is 3.84. The van der Waals surface area contributed by atoms with Crippen LogP contribution in [-0.4, -0.2) is 39.5 Å². The zero-order valence-electron chi connectivity index (χ0n) is 17.0. The predicted molar refractivity (Wildman–Crippen MR) is 111 cm³/mol. The predicted octanol–water partition coefficient (Wildman–Crippen LogP) is 3.76. The maximum Gasteiger partial charge on any atom is 0.167 e. The highest BCUT2D eigenvalue weighted by Gasteiger charge is 2.19. The molecule has 0 bridgehead atoms. The molecular weight excluding hydrogens is 385 g/mol. The fraction of sp³-hybridized carbons (Fsp3) is 0.409. The zero-order chi connectivity index (χ0) is 20.9. The Morgan fingerprint density at radius 3 is 2.77 bits per heavy atom. The lowest BCUT2D eigenvalue weighted by molar-refractivity contribution is 0.237. The van der Waals surface area contributed by atoms with E-state index in [4.69, 9.17) is 15.2 Å². The topological polar surface area (TPSA) is 88.1 Å². The van der Waals surface area contributed by atoms with Crippen LogP contribution in [0.2, 0.25) is 0 Å². The van der Waals surface area contributed by atoms with Crippen LogP contribution in [0.5, 0.6) is 11.5 Å². The number of hydrogen-bond donors (Lipinski definition) is 1. The van der Waals surface area contributed by atoms with E-state index in [2.05, 4.69) is 15.1 Å². The molecule has 0 spiro atoms. The summed E-state index contributed by atoms with van der Waals surface area (Å²) in [6.45, 7) is 0.609. The summed E-state index contributed by atoms with van der Waals surface area (Å²) >= 11 is 0. The summed E-state index contributed by atoms with van der Waals surface area (Å²) in [6, 6.07) is 5.05. The average Bonchev–Trinajstić information content (AvgIpc) is 3.25. The Labute approximate surface area is 175 Å². The molecule has 30 heavy (non-hydrogen) atoms. The van der Waals surface area contributed by atoms with Gasteiger partial charge in [0.25, 0.3) is 0 Å². The number of nitrogens with two attached hydrogens (primary N) is 1. The van der Waals surface area contributed by atoms with Gasteiger partial charge in [-0.05, 0) is 50.2 Å². The van der Waals surface area contributed by atoms with Crippen LogP contribution >= 0.6 is 0 Å². The first-order valence-electron chi connectivity index (χ1n) is 10.2. The molecule has 8 heteroatoms. The van der Waals surface area contributed by atoms with Crippen LogP contribution in [0.3, 0.4) is 0 Å². The van der Waals surface area contributed by atoms with Crippen molar-refractivity contribution in [2.75, 3.05) is 13.7 Å². The molecule has 2 aromatic heterocycles. The summed E-state index contributed by atoms with van der Waals surface area (Å²) in [4.78, 5) is 8.47. The number of rotatable bonds is 7. The number of nitrogens with zero attached hydrogens (tertiary/aromatic N) is 4. The van der Waals surface area contributed by atoms with Gasteiger partial charge in [0.2, 0.25) is 0 Å². The Kier molecular flexibility index (Phi) is 6.23. The van der Waals surface area contributed by atoms with Crippen LogP contribution in [0.15, 0.2) is 43.1 Å². The van der Waals surface area contributed by atoms with E-state index < -0.39 is 5.82 Å². The Hall–Kier alpha value is -3.00. The molecule has 1 aliphatic carbocycles. The normalized spacial score (nSPS) is 18.9. The van der Waals surface area contributed by atoms with Crippen LogP contribution in [0, 0.1) is 11.7 Å². The molecule has 158 valence electrons. The number of ether oxygens (including phenoxy) is 2. The molecule has 0 saturated heterocycles. The molecule has 3 aromatic rings. The first-order chi connectivity index (χ1) is 14.6. The van der Waals surface area contributed by atoms with Crippen LogP contribution < -0.4 is 15.2 Å². The van der Waals surface area contributed by atoms with Gasteiger partial charge in [-0.2, -0.15) is 5.10 Å². The number of methoxy groups -OCH3 is 1. The maximum absolute atomic E-state index is 14.0. The third kappa shape index (κ3) is 4.59. The fourth-order valence-electron chi connectivity index (χ4n) is 3.84. The van der Waals surface area contributed by atoms with Crippen molar-refractivity contribution in [3.8, 4) is 28.4 Å². The molecule has 0 radical (unpaired) electrons. The second kappa shape index (κ2) is 9.21. The van der Waals surface area contributed by atoms with Crippen LogP contribution in [0.25, 0.3) is 16.9 Å². The van der Waals surface area contributed by atoms with Crippen molar-refractivity contribution < 1.29 is 13.9 Å². The number of hydrogen-bond acceptors (Lipinski definition) is 6. The minimum Gasteiger partial charge on any atom is -0.494 e. The van der Waals surface area contributed by atoms with E-state index in [-0.39, 0.29) is 5.75 Å². The third-order valence-electron chi connectivity index (χ3n) is 5.61. The maximum atomic E-state index is 14.0. The van der Waals surface area contributed by atoms with Crippen molar-refractivity contribution >= 4 is 0 Å². The van der Waals surface area contributed by atoms with Crippen molar-refractivity contribution in [2.45, 2.75) is 38.1 Å². The smallest absolute Gasteiger partial charge is 0.167 e. The Balaban J connectivity index is 1.45. The monoisotopic (exact) mass is 411 g/mol. The molecule has 2 N–H and O–H groups in total. The van der Waals surface area contributed by atoms with Crippen LogP contribution in [0.4, 0.5) is 4.39 Å². The molecule has 0 unspecified atom stereocenters. The quantitative estimate of drug-likeness (QED) is 0.637. The van der Waals surface area contributed by atoms with Gasteiger partial charge >= 0.3 is 0 Å². The number of benzene rings is 1. The van der Waals surface area contributed by atoms with E-state index in [0.29, 0.717) is 35.7 Å². The van der Waals surface area contributed by atoms with Gasteiger partial charge in [0, 0.05) is 23.9 Å². The minimum absolute atomic E-state index is 0.192. The third-order valence-corrected chi connectivity index (χ3v) is 5.61. The molecule has 7 nitrogen and oxygen atoms in total. The summed E-state index contributed by atoms with van der Waals surface area (Å²) in [5.41, 5.74) is 8.01. The van der Waals surface area contributed by atoms with E-state index in [1.54, 1.807) is 35.4 Å².